The van der Waals surface area contributed by atoms with Crippen molar-refractivity contribution in [3.8, 4) is 0 Å². The zero-order chi connectivity index (χ0) is 13.2. The first-order chi connectivity index (χ1) is 8.49. The predicted octanol–water partition coefficient (Wildman–Crippen LogP) is 0.449. The van der Waals surface area contributed by atoms with Crippen molar-refractivity contribution in [3.63, 3.8) is 0 Å². The fourth-order valence-electron chi connectivity index (χ4n) is 3.37. The maximum absolute atomic E-state index is 10.5. The molecular weight excluding hydrogens is 234 g/mol. The Morgan fingerprint density at radius 1 is 1.39 bits per heavy atom. The maximum Gasteiger partial charge on any atom is 0.306 e. The van der Waals surface area contributed by atoms with Crippen LogP contribution in [0.4, 0.5) is 0 Å². The van der Waals surface area contributed by atoms with Crippen molar-refractivity contribution in [1.82, 2.24) is 4.90 Å². The van der Waals surface area contributed by atoms with Gasteiger partial charge in [0.05, 0.1) is 18.1 Å². The molecule has 2 rings (SSSR count). The molecule has 2 aliphatic rings. The summed E-state index contributed by atoms with van der Waals surface area (Å²) in [6, 6.07) is 0. The number of carbonyl (C=O) groups is 1. The van der Waals surface area contributed by atoms with Crippen molar-refractivity contribution in [2.75, 3.05) is 19.6 Å². The summed E-state index contributed by atoms with van der Waals surface area (Å²) in [5, 5.41) is 28.8. The van der Waals surface area contributed by atoms with Crippen LogP contribution in [-0.4, -0.2) is 57.5 Å². The smallest absolute Gasteiger partial charge is 0.306 e. The van der Waals surface area contributed by atoms with Gasteiger partial charge in [0.2, 0.25) is 0 Å². The molecule has 1 saturated heterocycles. The first kappa shape index (κ1) is 13.8. The van der Waals surface area contributed by atoms with Crippen molar-refractivity contribution in [2.45, 2.75) is 50.2 Å². The van der Waals surface area contributed by atoms with Gasteiger partial charge in [-0.25, -0.2) is 0 Å². The number of aliphatic hydroxyl groups is 2. The Morgan fingerprint density at radius 3 is 2.89 bits per heavy atom. The monoisotopic (exact) mass is 257 g/mol. The van der Waals surface area contributed by atoms with Gasteiger partial charge in [0, 0.05) is 25.6 Å². The van der Waals surface area contributed by atoms with Crippen molar-refractivity contribution >= 4 is 5.97 Å². The number of rotatable bonds is 4. The Balaban J connectivity index is 1.85. The van der Waals surface area contributed by atoms with E-state index >= 15 is 0 Å². The number of β-amino-alcohol motifs (C(OH)–C–C–N with tert-alkyl or cyclic N) is 1. The minimum absolute atomic E-state index is 0.203. The minimum atomic E-state index is -0.964. The summed E-state index contributed by atoms with van der Waals surface area (Å²) in [5.74, 6) is -0.675. The zero-order valence-corrected chi connectivity index (χ0v) is 10.7. The highest BCUT2D eigenvalue weighted by molar-refractivity contribution is 5.67. The lowest BCUT2D eigenvalue weighted by Gasteiger charge is -2.47. The van der Waals surface area contributed by atoms with E-state index in [1.54, 1.807) is 0 Å². The van der Waals surface area contributed by atoms with Crippen molar-refractivity contribution in [1.29, 1.82) is 0 Å². The van der Waals surface area contributed by atoms with E-state index in [0.29, 0.717) is 6.54 Å². The number of piperidine rings is 1. The van der Waals surface area contributed by atoms with Crippen LogP contribution in [0.25, 0.3) is 0 Å². The number of nitrogens with zero attached hydrogens (tertiary/aromatic N) is 1. The highest BCUT2D eigenvalue weighted by atomic mass is 16.4. The molecule has 104 valence electrons. The molecule has 3 N–H and O–H groups in total. The number of carboxylic acids is 1. The van der Waals surface area contributed by atoms with E-state index in [4.69, 9.17) is 5.11 Å². The molecule has 1 heterocycles. The van der Waals surface area contributed by atoms with Gasteiger partial charge in [-0.1, -0.05) is 12.8 Å². The molecule has 0 amide bonds. The molecule has 5 heteroatoms. The standard InChI is InChI=1S/C13H23NO4/c15-11(7-12(16)17)9-14-6-5-13(18)4-2-1-3-10(13)8-14/h10-11,15,18H,1-9H2,(H,16,17). The second-order valence-electron chi connectivity index (χ2n) is 5.81. The van der Waals surface area contributed by atoms with E-state index in [1.165, 1.54) is 6.42 Å². The molecule has 1 saturated carbocycles. The van der Waals surface area contributed by atoms with E-state index in [9.17, 15) is 15.0 Å². The summed E-state index contributed by atoms with van der Waals surface area (Å²) in [4.78, 5) is 12.6. The molecule has 0 aromatic carbocycles. The van der Waals surface area contributed by atoms with Gasteiger partial charge in [-0.05, 0) is 19.3 Å². The predicted molar refractivity (Wildman–Crippen MR) is 66.2 cm³/mol. The lowest BCUT2D eigenvalue weighted by molar-refractivity contribution is -0.140. The average Bonchev–Trinajstić information content (AvgIpc) is 2.28. The molecular formula is C13H23NO4. The van der Waals surface area contributed by atoms with Gasteiger partial charge in [-0.2, -0.15) is 0 Å². The lowest BCUT2D eigenvalue weighted by Crippen LogP contribution is -2.54. The Morgan fingerprint density at radius 2 is 2.17 bits per heavy atom. The molecule has 1 aliphatic heterocycles. The van der Waals surface area contributed by atoms with Gasteiger partial charge >= 0.3 is 5.97 Å². The largest absolute Gasteiger partial charge is 0.481 e. The maximum atomic E-state index is 10.5. The van der Waals surface area contributed by atoms with E-state index in [2.05, 4.69) is 4.90 Å². The third kappa shape index (κ3) is 3.22. The molecule has 0 aromatic rings. The van der Waals surface area contributed by atoms with Gasteiger partial charge in [0.25, 0.3) is 0 Å². The number of fused-ring (bicyclic) bond motifs is 1. The number of hydrogen-bond acceptors (Lipinski definition) is 4. The summed E-state index contributed by atoms with van der Waals surface area (Å²) >= 11 is 0. The van der Waals surface area contributed by atoms with Crippen molar-refractivity contribution < 1.29 is 20.1 Å². The average molecular weight is 257 g/mol. The molecule has 3 atom stereocenters. The van der Waals surface area contributed by atoms with E-state index in [-0.39, 0.29) is 12.3 Å². The molecule has 3 unspecified atom stereocenters. The molecule has 0 aromatic heterocycles. The van der Waals surface area contributed by atoms with Gasteiger partial charge < -0.3 is 20.2 Å². The fourth-order valence-corrected chi connectivity index (χ4v) is 3.37. The van der Waals surface area contributed by atoms with Crippen LogP contribution in [0.5, 0.6) is 0 Å². The van der Waals surface area contributed by atoms with Crippen LogP contribution in [0.3, 0.4) is 0 Å². The topological polar surface area (TPSA) is 81.0 Å². The Hall–Kier alpha value is -0.650. The summed E-state index contributed by atoms with van der Waals surface area (Å²) in [7, 11) is 0. The van der Waals surface area contributed by atoms with E-state index in [0.717, 1.165) is 38.8 Å². The first-order valence-electron chi connectivity index (χ1n) is 6.84. The second-order valence-corrected chi connectivity index (χ2v) is 5.81. The molecule has 0 spiro atoms. The summed E-state index contributed by atoms with van der Waals surface area (Å²) < 4.78 is 0. The number of likely N-dealkylation sites (tertiary alicyclic amines) is 1. The molecule has 2 fully saturated rings. The SMILES string of the molecule is O=C(O)CC(O)CN1CCC2(O)CCCCC2C1. The Labute approximate surface area is 107 Å². The molecule has 18 heavy (non-hydrogen) atoms. The van der Waals surface area contributed by atoms with E-state index in [1.807, 2.05) is 0 Å². The summed E-state index contributed by atoms with van der Waals surface area (Å²) in [6.45, 7) is 1.94. The van der Waals surface area contributed by atoms with Gasteiger partial charge in [0.15, 0.2) is 0 Å². The van der Waals surface area contributed by atoms with Crippen molar-refractivity contribution in [2.24, 2.45) is 5.92 Å². The number of hydrogen-bond donors (Lipinski definition) is 3. The first-order valence-corrected chi connectivity index (χ1v) is 6.84. The normalized spacial score (nSPS) is 34.9. The quantitative estimate of drug-likeness (QED) is 0.681. The molecule has 1 aliphatic carbocycles. The van der Waals surface area contributed by atoms with Crippen LogP contribution in [0.15, 0.2) is 0 Å². The van der Waals surface area contributed by atoms with Gasteiger partial charge in [0.1, 0.15) is 0 Å². The second kappa shape index (κ2) is 5.55. The Kier molecular flexibility index (Phi) is 4.25. The molecule has 0 bridgehead atoms. The van der Waals surface area contributed by atoms with Crippen LogP contribution >= 0.6 is 0 Å². The fraction of sp³-hybridized carbons (Fsp3) is 0.923. The molecule has 5 nitrogen and oxygen atoms in total. The summed E-state index contributed by atoms with van der Waals surface area (Å²) in [5.41, 5.74) is -0.507. The lowest BCUT2D eigenvalue weighted by atomic mass is 9.71. The van der Waals surface area contributed by atoms with Crippen molar-refractivity contribution in [3.05, 3.63) is 0 Å². The Bertz CT molecular complexity index is 309. The van der Waals surface area contributed by atoms with Crippen LogP contribution in [0, 0.1) is 5.92 Å². The number of carboxylic acid groups (broad SMARTS) is 1. The zero-order valence-electron chi connectivity index (χ0n) is 10.7. The number of aliphatic hydroxyl groups excluding tert-OH is 1. The van der Waals surface area contributed by atoms with Crippen LogP contribution in [0.2, 0.25) is 0 Å². The van der Waals surface area contributed by atoms with Crippen LogP contribution < -0.4 is 0 Å². The summed E-state index contributed by atoms with van der Waals surface area (Å²) in [6.07, 6.45) is 3.94. The van der Waals surface area contributed by atoms with Crippen LogP contribution in [-0.2, 0) is 4.79 Å². The van der Waals surface area contributed by atoms with Crippen LogP contribution in [0.1, 0.15) is 38.5 Å². The third-order valence-electron chi connectivity index (χ3n) is 4.39. The molecule has 0 radical (unpaired) electrons. The van der Waals surface area contributed by atoms with E-state index < -0.39 is 17.7 Å². The minimum Gasteiger partial charge on any atom is -0.481 e. The highest BCUT2D eigenvalue weighted by Gasteiger charge is 2.42. The number of aliphatic carboxylic acids is 1. The highest BCUT2D eigenvalue weighted by Crippen LogP contribution is 2.39. The third-order valence-corrected chi connectivity index (χ3v) is 4.39. The van der Waals surface area contributed by atoms with Gasteiger partial charge in [-0.3, -0.25) is 4.79 Å². The van der Waals surface area contributed by atoms with Gasteiger partial charge in [-0.15, -0.1) is 0 Å².